The van der Waals surface area contributed by atoms with Crippen molar-refractivity contribution in [3.63, 3.8) is 0 Å². The fourth-order valence-corrected chi connectivity index (χ4v) is 1.80. The van der Waals surface area contributed by atoms with Gasteiger partial charge in [-0.15, -0.1) is 0 Å². The monoisotopic (exact) mass is 244 g/mol. The molecule has 3 heteroatoms. The molecule has 0 N–H and O–H groups in total. The van der Waals surface area contributed by atoms with Gasteiger partial charge in [-0.1, -0.05) is 26.0 Å². The van der Waals surface area contributed by atoms with Crippen molar-refractivity contribution < 1.29 is 4.79 Å². The van der Waals surface area contributed by atoms with Crippen LogP contribution < -0.4 is 4.90 Å². The molecule has 0 spiro atoms. The van der Waals surface area contributed by atoms with Gasteiger partial charge in [0, 0.05) is 25.6 Å². The van der Waals surface area contributed by atoms with Gasteiger partial charge in [-0.2, -0.15) is 5.26 Å². The number of hydrogen-bond acceptors (Lipinski definition) is 2. The van der Waals surface area contributed by atoms with Crippen LogP contribution in [-0.2, 0) is 11.2 Å². The first-order valence-corrected chi connectivity index (χ1v) is 6.27. The van der Waals surface area contributed by atoms with Crippen molar-refractivity contribution in [1.82, 2.24) is 0 Å². The topological polar surface area (TPSA) is 44.1 Å². The van der Waals surface area contributed by atoms with Crippen molar-refractivity contribution >= 4 is 11.6 Å². The van der Waals surface area contributed by atoms with Crippen LogP contribution in [0.3, 0.4) is 0 Å². The Hall–Kier alpha value is -1.82. The lowest BCUT2D eigenvalue weighted by Crippen LogP contribution is -2.25. The zero-order valence-corrected chi connectivity index (χ0v) is 11.3. The van der Waals surface area contributed by atoms with E-state index in [1.807, 2.05) is 18.2 Å². The summed E-state index contributed by atoms with van der Waals surface area (Å²) in [5, 5.41) is 8.47. The molecule has 0 radical (unpaired) electrons. The Morgan fingerprint density at radius 3 is 2.44 bits per heavy atom. The third-order valence-electron chi connectivity index (χ3n) is 2.79. The lowest BCUT2D eigenvalue weighted by Gasteiger charge is -2.17. The van der Waals surface area contributed by atoms with Gasteiger partial charge >= 0.3 is 0 Å². The molecule has 0 aromatic heterocycles. The average Bonchev–Trinajstić information content (AvgIpc) is 2.35. The number of nitriles is 1. The molecule has 0 bridgehead atoms. The minimum Gasteiger partial charge on any atom is -0.315 e. The second-order valence-corrected chi connectivity index (χ2v) is 4.88. The first kappa shape index (κ1) is 14.2. The molecule has 3 nitrogen and oxygen atoms in total. The number of carbonyl (C=O) groups excluding carboxylic acids is 1. The van der Waals surface area contributed by atoms with Crippen molar-refractivity contribution in [2.45, 2.75) is 33.1 Å². The molecule has 1 amide bonds. The number of nitrogens with zero attached hydrogens (tertiary/aromatic N) is 2. The molecule has 0 aliphatic carbocycles. The van der Waals surface area contributed by atoms with E-state index in [4.69, 9.17) is 5.26 Å². The van der Waals surface area contributed by atoms with E-state index in [9.17, 15) is 4.79 Å². The van der Waals surface area contributed by atoms with Gasteiger partial charge in [-0.05, 0) is 30.0 Å². The smallest absolute Gasteiger partial charge is 0.227 e. The third-order valence-corrected chi connectivity index (χ3v) is 2.79. The summed E-state index contributed by atoms with van der Waals surface area (Å²) in [6.07, 6.45) is 1.60. The number of anilines is 1. The maximum atomic E-state index is 11.7. The summed E-state index contributed by atoms with van der Waals surface area (Å²) >= 11 is 0. The summed E-state index contributed by atoms with van der Waals surface area (Å²) in [6.45, 7) is 4.37. The second kappa shape index (κ2) is 6.80. The molecule has 0 aliphatic rings. The van der Waals surface area contributed by atoms with E-state index in [-0.39, 0.29) is 18.7 Å². The maximum absolute atomic E-state index is 11.7. The van der Waals surface area contributed by atoms with Crippen LogP contribution in [0.2, 0.25) is 0 Å². The molecule has 1 rings (SSSR count). The summed E-state index contributed by atoms with van der Waals surface area (Å²) in [7, 11) is 1.75. The lowest BCUT2D eigenvalue weighted by atomic mass is 10.0. The Labute approximate surface area is 109 Å². The minimum absolute atomic E-state index is 0.0202. The first-order chi connectivity index (χ1) is 8.54. The predicted molar refractivity (Wildman–Crippen MR) is 73.2 cm³/mol. The van der Waals surface area contributed by atoms with Crippen LogP contribution in [0.5, 0.6) is 0 Å². The van der Waals surface area contributed by atoms with Gasteiger partial charge in [0.1, 0.15) is 0 Å². The zero-order valence-electron chi connectivity index (χ0n) is 11.3. The Morgan fingerprint density at radius 2 is 1.94 bits per heavy atom. The third kappa shape index (κ3) is 4.21. The van der Waals surface area contributed by atoms with Crippen LogP contribution in [-0.4, -0.2) is 13.0 Å². The number of hydrogen-bond donors (Lipinski definition) is 0. The van der Waals surface area contributed by atoms with Gasteiger partial charge in [-0.25, -0.2) is 0 Å². The summed E-state index contributed by atoms with van der Waals surface area (Å²) in [6, 6.07) is 10.0. The van der Waals surface area contributed by atoms with Gasteiger partial charge in [0.15, 0.2) is 0 Å². The molecule has 0 atom stereocenters. The van der Waals surface area contributed by atoms with E-state index in [1.165, 1.54) is 5.56 Å². The van der Waals surface area contributed by atoms with Crippen molar-refractivity contribution in [3.05, 3.63) is 29.8 Å². The molecule has 0 fully saturated rings. The average molecular weight is 244 g/mol. The van der Waals surface area contributed by atoms with Crippen molar-refractivity contribution in [2.24, 2.45) is 5.92 Å². The molecule has 0 saturated heterocycles. The van der Waals surface area contributed by atoms with E-state index >= 15 is 0 Å². The summed E-state index contributed by atoms with van der Waals surface area (Å²) in [5.74, 6) is 0.610. The molecule has 1 aromatic rings. The normalized spacial score (nSPS) is 10.2. The highest BCUT2D eigenvalue weighted by Gasteiger charge is 2.10. The van der Waals surface area contributed by atoms with Crippen molar-refractivity contribution in [2.75, 3.05) is 11.9 Å². The van der Waals surface area contributed by atoms with Crippen LogP contribution in [0, 0.1) is 17.2 Å². The van der Waals surface area contributed by atoms with Crippen molar-refractivity contribution in [1.29, 1.82) is 5.26 Å². The summed E-state index contributed by atoms with van der Waals surface area (Å²) in [5.41, 5.74) is 2.16. The summed E-state index contributed by atoms with van der Waals surface area (Å²) in [4.78, 5) is 13.3. The van der Waals surface area contributed by atoms with Gasteiger partial charge in [0.2, 0.25) is 5.91 Å². The van der Waals surface area contributed by atoms with Crippen LogP contribution in [0.25, 0.3) is 0 Å². The highest BCUT2D eigenvalue weighted by atomic mass is 16.2. The molecule has 0 unspecified atom stereocenters. The largest absolute Gasteiger partial charge is 0.315 e. The molecule has 0 saturated carbocycles. The van der Waals surface area contributed by atoms with Crippen molar-refractivity contribution in [3.8, 4) is 6.07 Å². The van der Waals surface area contributed by atoms with Crippen LogP contribution in [0.1, 0.15) is 32.3 Å². The van der Waals surface area contributed by atoms with E-state index in [2.05, 4.69) is 26.0 Å². The molecular formula is C15H20N2O. The van der Waals surface area contributed by atoms with E-state index < -0.39 is 0 Å². The first-order valence-electron chi connectivity index (χ1n) is 6.27. The Balaban J connectivity index is 2.67. The Kier molecular flexibility index (Phi) is 5.38. The van der Waals surface area contributed by atoms with Crippen LogP contribution >= 0.6 is 0 Å². The Bertz CT molecular complexity index is 429. The lowest BCUT2D eigenvalue weighted by molar-refractivity contribution is -0.118. The number of carbonyl (C=O) groups is 1. The molecule has 0 heterocycles. The zero-order chi connectivity index (χ0) is 13.5. The van der Waals surface area contributed by atoms with E-state index in [1.54, 1.807) is 11.9 Å². The quantitative estimate of drug-likeness (QED) is 0.798. The van der Waals surface area contributed by atoms with Crippen LogP contribution in [0.4, 0.5) is 5.69 Å². The fraction of sp³-hybridized carbons (Fsp3) is 0.467. The molecule has 1 aromatic carbocycles. The van der Waals surface area contributed by atoms with Gasteiger partial charge < -0.3 is 4.90 Å². The molecule has 0 aliphatic heterocycles. The molecule has 96 valence electrons. The number of rotatable bonds is 5. The number of amides is 1. The second-order valence-electron chi connectivity index (χ2n) is 4.88. The number of benzene rings is 1. The molecular weight excluding hydrogens is 224 g/mol. The van der Waals surface area contributed by atoms with Gasteiger partial charge in [0.05, 0.1) is 6.07 Å². The van der Waals surface area contributed by atoms with E-state index in [0.717, 1.165) is 12.1 Å². The Morgan fingerprint density at radius 1 is 1.33 bits per heavy atom. The summed E-state index contributed by atoms with van der Waals surface area (Å²) < 4.78 is 0. The minimum atomic E-state index is -0.0202. The van der Waals surface area contributed by atoms with Gasteiger partial charge in [0.25, 0.3) is 0 Å². The maximum Gasteiger partial charge on any atom is 0.227 e. The van der Waals surface area contributed by atoms with Crippen LogP contribution in [0.15, 0.2) is 24.3 Å². The highest BCUT2D eigenvalue weighted by molar-refractivity contribution is 5.92. The fourth-order valence-electron chi connectivity index (χ4n) is 1.80. The predicted octanol–water partition coefficient (Wildman–Crippen LogP) is 3.15. The standard InChI is InChI=1S/C15H20N2O/c1-12(2)11-13-6-8-14(9-7-13)17(3)15(18)5-4-10-16/h6-9,12H,4-5,11H2,1-3H3. The molecule has 18 heavy (non-hydrogen) atoms. The highest BCUT2D eigenvalue weighted by Crippen LogP contribution is 2.17. The van der Waals surface area contributed by atoms with E-state index in [0.29, 0.717) is 5.92 Å². The SMILES string of the molecule is CC(C)Cc1ccc(N(C)C(=O)CCC#N)cc1. The van der Waals surface area contributed by atoms with Gasteiger partial charge in [-0.3, -0.25) is 4.79 Å².